The molecule has 182 valence electrons. The van der Waals surface area contributed by atoms with Crippen molar-refractivity contribution in [2.45, 2.75) is 29.3 Å². The Morgan fingerprint density at radius 1 is 1.09 bits per heavy atom. The Hall–Kier alpha value is -2.57. The van der Waals surface area contributed by atoms with Gasteiger partial charge in [-0.2, -0.15) is 4.31 Å². The van der Waals surface area contributed by atoms with E-state index in [1.165, 1.54) is 29.1 Å². The number of aromatic carboxylic acids is 1. The maximum Gasteiger partial charge on any atom is 0.337 e. The molecule has 0 saturated carbocycles. The number of hydrogen-bond donors (Lipinski definition) is 2. The van der Waals surface area contributed by atoms with E-state index in [4.69, 9.17) is 0 Å². The van der Waals surface area contributed by atoms with Crippen LogP contribution in [0.25, 0.3) is 0 Å². The van der Waals surface area contributed by atoms with Gasteiger partial charge in [0.15, 0.2) is 0 Å². The first-order chi connectivity index (χ1) is 16.7. The number of amides is 1. The molecule has 1 aromatic heterocycles. The highest BCUT2D eigenvalue weighted by atomic mass is 79.9. The number of sulfonamides is 1. The second-order valence-corrected chi connectivity index (χ2v) is 12.6. The molecule has 2 bridgehead atoms. The van der Waals surface area contributed by atoms with Gasteiger partial charge in [0, 0.05) is 41.6 Å². The van der Waals surface area contributed by atoms with Crippen molar-refractivity contribution in [3.8, 4) is 0 Å². The molecule has 11 heteroatoms. The van der Waals surface area contributed by atoms with E-state index in [0.717, 1.165) is 24.3 Å². The molecule has 2 saturated heterocycles. The predicted octanol–water partition coefficient (Wildman–Crippen LogP) is 4.11. The number of piperazine rings is 1. The minimum absolute atomic E-state index is 0.0658. The van der Waals surface area contributed by atoms with E-state index in [-0.39, 0.29) is 33.1 Å². The molecular formula is C24H22BrN3O5S2. The second kappa shape index (κ2) is 9.47. The van der Waals surface area contributed by atoms with Gasteiger partial charge in [-0.3, -0.25) is 9.69 Å². The van der Waals surface area contributed by atoms with Crippen LogP contribution in [0.3, 0.4) is 0 Å². The van der Waals surface area contributed by atoms with Crippen molar-refractivity contribution in [2.24, 2.45) is 0 Å². The fourth-order valence-electron chi connectivity index (χ4n) is 4.70. The summed E-state index contributed by atoms with van der Waals surface area (Å²) in [5, 5.41) is 13.5. The van der Waals surface area contributed by atoms with E-state index in [0.29, 0.717) is 17.6 Å². The van der Waals surface area contributed by atoms with Crippen LogP contribution in [0.2, 0.25) is 0 Å². The van der Waals surface area contributed by atoms with Crippen molar-refractivity contribution in [1.29, 1.82) is 0 Å². The standard InChI is InChI=1S/C24H22BrN3O5S2/c25-17-6-7-21(20(9-17)24(30)31)26-23(29)16-8-22(34-14-16)35(32,33)28-13-18-10-19(28)12-27(18)11-15-4-2-1-3-5-15/h1-9,14,18-19H,10-13H2,(H,26,29)(H,30,31). The lowest BCUT2D eigenvalue weighted by molar-refractivity contribution is 0.0698. The zero-order valence-electron chi connectivity index (χ0n) is 18.4. The van der Waals surface area contributed by atoms with Crippen LogP contribution in [0.5, 0.6) is 0 Å². The van der Waals surface area contributed by atoms with Crippen LogP contribution in [-0.4, -0.2) is 59.8 Å². The number of carbonyl (C=O) groups is 2. The van der Waals surface area contributed by atoms with E-state index >= 15 is 0 Å². The molecule has 3 aromatic rings. The Morgan fingerprint density at radius 3 is 2.54 bits per heavy atom. The number of anilines is 1. The Bertz CT molecular complexity index is 1390. The van der Waals surface area contributed by atoms with Gasteiger partial charge in [0.05, 0.1) is 16.8 Å². The highest BCUT2D eigenvalue weighted by Crippen LogP contribution is 2.37. The summed E-state index contributed by atoms with van der Waals surface area (Å²) >= 11 is 4.22. The van der Waals surface area contributed by atoms with Crippen molar-refractivity contribution in [2.75, 3.05) is 18.4 Å². The highest BCUT2D eigenvalue weighted by molar-refractivity contribution is 9.10. The fraction of sp³-hybridized carbons (Fsp3) is 0.250. The third-order valence-corrected chi connectivity index (χ3v) is 10.2. The van der Waals surface area contributed by atoms with Gasteiger partial charge in [0.25, 0.3) is 15.9 Å². The topological polar surface area (TPSA) is 107 Å². The van der Waals surface area contributed by atoms with E-state index in [9.17, 15) is 23.1 Å². The van der Waals surface area contributed by atoms with E-state index < -0.39 is 21.9 Å². The number of nitrogens with one attached hydrogen (secondary N) is 1. The molecule has 2 N–H and O–H groups in total. The lowest BCUT2D eigenvalue weighted by Crippen LogP contribution is -2.48. The molecule has 0 aliphatic carbocycles. The first kappa shape index (κ1) is 24.1. The SMILES string of the molecule is O=C(Nc1ccc(Br)cc1C(=O)O)c1csc(S(=O)(=O)N2CC3CC2CN3Cc2ccccc2)c1. The maximum absolute atomic E-state index is 13.4. The van der Waals surface area contributed by atoms with Crippen molar-refractivity contribution in [3.05, 3.63) is 81.1 Å². The van der Waals surface area contributed by atoms with Gasteiger partial charge in [-0.1, -0.05) is 46.3 Å². The molecule has 3 heterocycles. The Labute approximate surface area is 215 Å². The number of carboxylic acid groups (broad SMARTS) is 1. The lowest BCUT2D eigenvalue weighted by atomic mass is 10.1. The summed E-state index contributed by atoms with van der Waals surface area (Å²) in [6.07, 6.45) is 0.798. The van der Waals surface area contributed by atoms with E-state index in [1.807, 2.05) is 18.2 Å². The second-order valence-electron chi connectivity index (χ2n) is 8.64. The first-order valence-corrected chi connectivity index (χ1v) is 14.1. The van der Waals surface area contributed by atoms with Gasteiger partial charge in [0.2, 0.25) is 0 Å². The summed E-state index contributed by atoms with van der Waals surface area (Å²) in [6, 6.07) is 16.1. The molecule has 8 nitrogen and oxygen atoms in total. The van der Waals surface area contributed by atoms with Crippen LogP contribution < -0.4 is 5.32 Å². The van der Waals surface area contributed by atoms with Crippen LogP contribution >= 0.6 is 27.3 Å². The molecule has 0 spiro atoms. The first-order valence-electron chi connectivity index (χ1n) is 10.9. The Balaban J connectivity index is 1.28. The third kappa shape index (κ3) is 4.78. The zero-order valence-corrected chi connectivity index (χ0v) is 21.6. The van der Waals surface area contributed by atoms with E-state index in [1.54, 1.807) is 10.4 Å². The van der Waals surface area contributed by atoms with Gasteiger partial charge in [-0.05, 0) is 36.2 Å². The molecule has 2 atom stereocenters. The van der Waals surface area contributed by atoms with Crippen LogP contribution in [0.1, 0.15) is 32.7 Å². The normalized spacial score (nSPS) is 20.3. The number of hydrogen-bond acceptors (Lipinski definition) is 6. The number of halogens is 1. The molecule has 2 fully saturated rings. The number of thiophene rings is 1. The van der Waals surface area contributed by atoms with Crippen molar-refractivity contribution in [3.63, 3.8) is 0 Å². The lowest BCUT2D eigenvalue weighted by Gasteiger charge is -2.33. The minimum Gasteiger partial charge on any atom is -0.478 e. The van der Waals surface area contributed by atoms with Crippen LogP contribution in [0.15, 0.2) is 68.7 Å². The van der Waals surface area contributed by atoms with Gasteiger partial charge >= 0.3 is 5.97 Å². The average Bonchev–Trinajstić information content (AvgIpc) is 3.57. The van der Waals surface area contributed by atoms with Crippen molar-refractivity contribution < 1.29 is 23.1 Å². The summed E-state index contributed by atoms with van der Waals surface area (Å²) in [5.41, 5.74) is 1.45. The minimum atomic E-state index is -3.73. The summed E-state index contributed by atoms with van der Waals surface area (Å²) in [7, 11) is -3.73. The molecule has 2 aromatic carbocycles. The molecule has 2 unspecified atom stereocenters. The van der Waals surface area contributed by atoms with Gasteiger partial charge in [0.1, 0.15) is 4.21 Å². The number of rotatable bonds is 7. The van der Waals surface area contributed by atoms with Gasteiger partial charge < -0.3 is 10.4 Å². The Kier molecular flexibility index (Phi) is 6.53. The van der Waals surface area contributed by atoms with E-state index in [2.05, 4.69) is 38.3 Å². The monoisotopic (exact) mass is 575 g/mol. The number of carbonyl (C=O) groups excluding carboxylic acids is 1. The van der Waals surface area contributed by atoms with Crippen LogP contribution in [0.4, 0.5) is 5.69 Å². The fourth-order valence-corrected chi connectivity index (χ4v) is 8.02. The number of likely N-dealkylation sites (tertiary alicyclic amines) is 1. The maximum atomic E-state index is 13.4. The molecular weight excluding hydrogens is 554 g/mol. The zero-order chi connectivity index (χ0) is 24.7. The number of carboxylic acids is 1. The molecule has 35 heavy (non-hydrogen) atoms. The van der Waals surface area contributed by atoms with Crippen molar-refractivity contribution >= 4 is 54.9 Å². The van der Waals surface area contributed by atoms with Crippen molar-refractivity contribution in [1.82, 2.24) is 9.21 Å². The number of fused-ring (bicyclic) bond motifs is 2. The smallest absolute Gasteiger partial charge is 0.337 e. The van der Waals surface area contributed by atoms with Crippen LogP contribution in [0, 0.1) is 0 Å². The summed E-state index contributed by atoms with van der Waals surface area (Å²) in [5.74, 6) is -1.75. The highest BCUT2D eigenvalue weighted by Gasteiger charge is 2.48. The number of nitrogens with zero attached hydrogens (tertiary/aromatic N) is 2. The van der Waals surface area contributed by atoms with Gasteiger partial charge in [-0.25, -0.2) is 13.2 Å². The third-order valence-electron chi connectivity index (χ3n) is 6.39. The predicted molar refractivity (Wildman–Crippen MR) is 136 cm³/mol. The van der Waals surface area contributed by atoms with Crippen LogP contribution in [-0.2, 0) is 16.6 Å². The average molecular weight is 576 g/mol. The molecule has 2 aliphatic rings. The number of benzene rings is 2. The molecule has 5 rings (SSSR count). The van der Waals surface area contributed by atoms with Gasteiger partial charge in [-0.15, -0.1) is 11.3 Å². The Morgan fingerprint density at radius 2 is 1.86 bits per heavy atom. The summed E-state index contributed by atoms with van der Waals surface area (Å²) in [4.78, 5) is 26.6. The summed E-state index contributed by atoms with van der Waals surface area (Å²) < 4.78 is 29.0. The molecule has 0 radical (unpaired) electrons. The largest absolute Gasteiger partial charge is 0.478 e. The quantitative estimate of drug-likeness (QED) is 0.439. The molecule has 1 amide bonds. The molecule has 2 aliphatic heterocycles. The summed E-state index contributed by atoms with van der Waals surface area (Å²) in [6.45, 7) is 1.91.